The number of alkyl halides is 1. The van der Waals surface area contributed by atoms with Crippen LogP contribution < -0.4 is 5.73 Å². The zero-order valence-corrected chi connectivity index (χ0v) is 13.6. The van der Waals surface area contributed by atoms with Gasteiger partial charge in [-0.25, -0.2) is 0 Å². The molecule has 0 aliphatic carbocycles. The molecule has 0 aromatic carbocycles. The van der Waals surface area contributed by atoms with Crippen LogP contribution in [0.2, 0.25) is 0 Å². The van der Waals surface area contributed by atoms with Crippen LogP contribution in [-0.4, -0.2) is 59.0 Å². The molecule has 0 aromatic heterocycles. The Balaban J connectivity index is 2.51. The lowest BCUT2D eigenvalue weighted by Crippen LogP contribution is -2.45. The van der Waals surface area contributed by atoms with Crippen molar-refractivity contribution in [2.24, 2.45) is 11.7 Å². The average molecular weight is 348 g/mol. The molecule has 1 saturated heterocycles. The van der Waals surface area contributed by atoms with Gasteiger partial charge < -0.3 is 15.5 Å². The Bertz CT molecular complexity index is 389. The molecule has 114 valence electrons. The second-order valence-electron chi connectivity index (χ2n) is 5.18. The molecule has 7 heteroatoms. The summed E-state index contributed by atoms with van der Waals surface area (Å²) in [4.78, 5) is 37.9. The van der Waals surface area contributed by atoms with Crippen LogP contribution >= 0.6 is 15.9 Å². The van der Waals surface area contributed by atoms with E-state index in [1.807, 2.05) is 6.92 Å². The van der Waals surface area contributed by atoms with E-state index in [4.69, 9.17) is 5.73 Å². The lowest BCUT2D eigenvalue weighted by Gasteiger charge is -2.24. The summed E-state index contributed by atoms with van der Waals surface area (Å²) in [6.07, 6.45) is 1.72. The van der Waals surface area contributed by atoms with Gasteiger partial charge in [0.2, 0.25) is 17.7 Å². The van der Waals surface area contributed by atoms with Crippen LogP contribution in [0.5, 0.6) is 0 Å². The molecule has 0 saturated carbocycles. The number of amides is 3. The molecule has 20 heavy (non-hydrogen) atoms. The summed E-state index contributed by atoms with van der Waals surface area (Å²) < 4.78 is 0. The molecule has 2 unspecified atom stereocenters. The number of rotatable bonds is 7. The smallest absolute Gasteiger partial charge is 0.240 e. The minimum Gasteiger partial charge on any atom is -0.368 e. The van der Waals surface area contributed by atoms with Crippen molar-refractivity contribution in [3.63, 3.8) is 0 Å². The highest BCUT2D eigenvalue weighted by Gasteiger charge is 2.35. The van der Waals surface area contributed by atoms with Crippen LogP contribution in [0.4, 0.5) is 0 Å². The molecular formula is C13H22BrN3O3. The van der Waals surface area contributed by atoms with E-state index in [9.17, 15) is 14.4 Å². The largest absolute Gasteiger partial charge is 0.368 e. The summed E-state index contributed by atoms with van der Waals surface area (Å²) >= 11 is 3.13. The van der Waals surface area contributed by atoms with Gasteiger partial charge in [0.1, 0.15) is 6.04 Å². The molecule has 1 aliphatic heterocycles. The molecule has 1 fully saturated rings. The van der Waals surface area contributed by atoms with Crippen LogP contribution in [0.3, 0.4) is 0 Å². The molecule has 6 nitrogen and oxygen atoms in total. The fourth-order valence-corrected chi connectivity index (χ4v) is 2.91. The number of nitrogens with two attached hydrogens (primary N) is 1. The zero-order valence-electron chi connectivity index (χ0n) is 12.0. The highest BCUT2D eigenvalue weighted by atomic mass is 79.9. The van der Waals surface area contributed by atoms with Crippen molar-refractivity contribution >= 4 is 33.7 Å². The summed E-state index contributed by atoms with van der Waals surface area (Å²) in [6.45, 7) is 3.01. The number of carbonyl (C=O) groups excluding carboxylic acids is 3. The third-order valence-electron chi connectivity index (χ3n) is 3.74. The maximum atomic E-state index is 12.0. The van der Waals surface area contributed by atoms with Crippen LogP contribution in [0.25, 0.3) is 0 Å². The van der Waals surface area contributed by atoms with E-state index in [-0.39, 0.29) is 17.7 Å². The summed E-state index contributed by atoms with van der Waals surface area (Å²) in [7, 11) is 1.75. The normalized spacial score (nSPS) is 20.1. The monoisotopic (exact) mass is 347 g/mol. The van der Waals surface area contributed by atoms with Gasteiger partial charge in [0.25, 0.3) is 0 Å². The Morgan fingerprint density at radius 1 is 1.55 bits per heavy atom. The lowest BCUT2D eigenvalue weighted by molar-refractivity contribution is -0.136. The molecule has 0 radical (unpaired) electrons. The first-order valence-electron chi connectivity index (χ1n) is 6.79. The van der Waals surface area contributed by atoms with Crippen molar-refractivity contribution in [1.82, 2.24) is 9.80 Å². The highest BCUT2D eigenvalue weighted by molar-refractivity contribution is 9.09. The predicted molar refractivity (Wildman–Crippen MR) is 79.1 cm³/mol. The maximum absolute atomic E-state index is 12.0. The quantitative estimate of drug-likeness (QED) is 0.674. The number of hydrogen-bond donors (Lipinski definition) is 1. The first kappa shape index (κ1) is 16.9. The first-order chi connectivity index (χ1) is 9.40. The van der Waals surface area contributed by atoms with Gasteiger partial charge >= 0.3 is 0 Å². The van der Waals surface area contributed by atoms with Crippen LogP contribution in [0.15, 0.2) is 0 Å². The Labute approximate surface area is 127 Å². The number of hydrogen-bond acceptors (Lipinski definition) is 3. The van der Waals surface area contributed by atoms with Crippen LogP contribution in [-0.2, 0) is 14.4 Å². The molecular weight excluding hydrogens is 326 g/mol. The maximum Gasteiger partial charge on any atom is 0.240 e. The zero-order chi connectivity index (χ0) is 15.3. The number of likely N-dealkylation sites (tertiary alicyclic amines) is 1. The number of nitrogens with zero attached hydrogens (tertiary/aromatic N) is 2. The highest BCUT2D eigenvalue weighted by Crippen LogP contribution is 2.24. The van der Waals surface area contributed by atoms with E-state index >= 15 is 0 Å². The molecule has 1 heterocycles. The standard InChI is InChI=1S/C13H22BrN3O3/c1-3-10(13(15)20)17-8-9(6-11(17)18)4-5-16(2)12(19)7-14/h9-10H,3-8H2,1-2H3,(H2,15,20). The van der Waals surface area contributed by atoms with Gasteiger partial charge in [0.05, 0.1) is 5.33 Å². The minimum atomic E-state index is -0.505. The molecule has 2 atom stereocenters. The Morgan fingerprint density at radius 3 is 2.70 bits per heavy atom. The van der Waals surface area contributed by atoms with E-state index in [2.05, 4.69) is 15.9 Å². The summed E-state index contributed by atoms with van der Waals surface area (Å²) in [6, 6.07) is -0.505. The van der Waals surface area contributed by atoms with E-state index in [1.54, 1.807) is 16.8 Å². The molecule has 0 bridgehead atoms. The average Bonchev–Trinajstić information content (AvgIpc) is 2.77. The fourth-order valence-electron chi connectivity index (χ4n) is 2.48. The topological polar surface area (TPSA) is 83.7 Å². The first-order valence-corrected chi connectivity index (χ1v) is 7.91. The van der Waals surface area contributed by atoms with Gasteiger partial charge in [-0.2, -0.15) is 0 Å². The van der Waals surface area contributed by atoms with Gasteiger partial charge in [-0.3, -0.25) is 14.4 Å². The minimum absolute atomic E-state index is 0.0184. The molecule has 0 aromatic rings. The van der Waals surface area contributed by atoms with E-state index in [0.717, 1.165) is 6.42 Å². The fraction of sp³-hybridized carbons (Fsp3) is 0.769. The van der Waals surface area contributed by atoms with E-state index in [0.29, 0.717) is 31.3 Å². The third kappa shape index (κ3) is 4.19. The Kier molecular flexibility index (Phi) is 6.45. The summed E-state index contributed by atoms with van der Waals surface area (Å²) in [5.74, 6) is -0.264. The van der Waals surface area contributed by atoms with Crippen molar-refractivity contribution in [1.29, 1.82) is 0 Å². The Hall–Kier alpha value is -1.11. The number of halogens is 1. The summed E-state index contributed by atoms with van der Waals surface area (Å²) in [5.41, 5.74) is 5.32. The van der Waals surface area contributed by atoms with Gasteiger partial charge in [-0.05, 0) is 18.8 Å². The Morgan fingerprint density at radius 2 is 2.20 bits per heavy atom. The molecule has 2 N–H and O–H groups in total. The second-order valence-corrected chi connectivity index (χ2v) is 5.74. The van der Waals surface area contributed by atoms with Crippen molar-refractivity contribution < 1.29 is 14.4 Å². The molecule has 1 rings (SSSR count). The van der Waals surface area contributed by atoms with Crippen molar-refractivity contribution in [2.45, 2.75) is 32.2 Å². The van der Waals surface area contributed by atoms with Gasteiger partial charge in [-0.15, -0.1) is 0 Å². The summed E-state index contributed by atoms with van der Waals surface area (Å²) in [5, 5.41) is 0.304. The lowest BCUT2D eigenvalue weighted by atomic mass is 10.0. The molecule has 0 spiro atoms. The molecule has 1 aliphatic rings. The number of carbonyl (C=O) groups is 3. The SMILES string of the molecule is CCC(C(N)=O)N1CC(CCN(C)C(=O)CBr)CC1=O. The van der Waals surface area contributed by atoms with Crippen molar-refractivity contribution in [3.05, 3.63) is 0 Å². The van der Waals surface area contributed by atoms with Crippen molar-refractivity contribution in [3.8, 4) is 0 Å². The van der Waals surface area contributed by atoms with Crippen molar-refractivity contribution in [2.75, 3.05) is 25.5 Å². The van der Waals surface area contributed by atoms with E-state index < -0.39 is 11.9 Å². The van der Waals surface area contributed by atoms with Gasteiger partial charge in [0.15, 0.2) is 0 Å². The third-order valence-corrected chi connectivity index (χ3v) is 4.22. The molecule has 3 amide bonds. The number of primary amides is 1. The second kappa shape index (κ2) is 7.61. The van der Waals surface area contributed by atoms with Crippen LogP contribution in [0, 0.1) is 5.92 Å². The van der Waals surface area contributed by atoms with Crippen LogP contribution in [0.1, 0.15) is 26.2 Å². The van der Waals surface area contributed by atoms with Gasteiger partial charge in [-0.1, -0.05) is 22.9 Å². The van der Waals surface area contributed by atoms with E-state index in [1.165, 1.54) is 0 Å². The predicted octanol–water partition coefficient (Wildman–Crippen LogP) is 0.342. The van der Waals surface area contributed by atoms with Gasteiger partial charge in [0, 0.05) is 26.6 Å².